The number of ether oxygens (including phenoxy) is 2. The van der Waals surface area contributed by atoms with Crippen LogP contribution in [0.5, 0.6) is 0 Å². The minimum absolute atomic E-state index is 0.0763. The average molecular weight is 432 g/mol. The molecule has 0 aromatic carbocycles. The summed E-state index contributed by atoms with van der Waals surface area (Å²) in [5, 5.41) is 3.46. The fourth-order valence-corrected chi connectivity index (χ4v) is 4.66. The molecule has 0 spiro atoms. The third-order valence-corrected chi connectivity index (χ3v) is 6.55. The molecule has 4 rings (SSSR count). The molecule has 8 heteroatoms. The fraction of sp³-hybridized carbons (Fsp3) is 0.636. The topological polar surface area (TPSA) is 80.2 Å². The monoisotopic (exact) mass is 431 g/mol. The largest absolute Gasteiger partial charge is 0.454 e. The van der Waals surface area contributed by atoms with Gasteiger partial charge in [-0.05, 0) is 62.7 Å². The Bertz CT molecular complexity index is 811. The molecule has 0 aromatic rings. The van der Waals surface area contributed by atoms with Gasteiger partial charge in [0.25, 0.3) is 0 Å². The van der Waals surface area contributed by atoms with Gasteiger partial charge in [0.2, 0.25) is 23.7 Å². The van der Waals surface area contributed by atoms with Gasteiger partial charge < -0.3 is 14.8 Å². The summed E-state index contributed by atoms with van der Waals surface area (Å²) in [4.78, 5) is 31.1. The molecule has 1 saturated heterocycles. The van der Waals surface area contributed by atoms with E-state index in [4.69, 9.17) is 21.7 Å². The molecule has 0 aromatic heterocycles. The van der Waals surface area contributed by atoms with Crippen molar-refractivity contribution < 1.29 is 19.1 Å². The fourth-order valence-electron chi connectivity index (χ4n) is 4.38. The Hall–Kier alpha value is -2.22. The van der Waals surface area contributed by atoms with E-state index in [1.165, 1.54) is 12.8 Å². The van der Waals surface area contributed by atoms with E-state index in [1.54, 1.807) is 17.1 Å². The van der Waals surface area contributed by atoms with Crippen LogP contribution in [0.4, 0.5) is 0 Å². The maximum atomic E-state index is 12.9. The van der Waals surface area contributed by atoms with Crippen molar-refractivity contribution in [1.29, 1.82) is 0 Å². The van der Waals surface area contributed by atoms with Crippen LogP contribution < -0.4 is 5.32 Å². The highest BCUT2D eigenvalue weighted by Crippen LogP contribution is 2.31. The number of nitrogens with zero attached hydrogens (tertiary/aromatic N) is 2. The SMILES string of the molecule is CC1CCC(NC(=O)CCCCCN2C(=O)C3C=C4OCOC4=CC3=NC2=S)CC1. The van der Waals surface area contributed by atoms with E-state index < -0.39 is 5.92 Å². The van der Waals surface area contributed by atoms with Crippen LogP contribution in [-0.2, 0) is 19.1 Å². The normalized spacial score (nSPS) is 27.8. The molecule has 4 aliphatic rings. The number of thiocarbonyl (C=S) groups is 1. The lowest BCUT2D eigenvalue weighted by Gasteiger charge is -2.30. The summed E-state index contributed by atoms with van der Waals surface area (Å²) in [5.41, 5.74) is 0.610. The molecule has 7 nitrogen and oxygen atoms in total. The van der Waals surface area contributed by atoms with Gasteiger partial charge in [-0.15, -0.1) is 0 Å². The number of allylic oxidation sites excluding steroid dienone is 1. The van der Waals surface area contributed by atoms with Gasteiger partial charge in [0.05, 0.1) is 5.71 Å². The zero-order valence-electron chi connectivity index (χ0n) is 17.4. The number of carbonyl (C=O) groups excluding carboxylic acids is 2. The molecule has 1 atom stereocenters. The lowest BCUT2D eigenvalue weighted by Crippen LogP contribution is -2.46. The molecule has 2 heterocycles. The zero-order chi connectivity index (χ0) is 21.1. The number of fused-ring (bicyclic) bond motifs is 2. The summed E-state index contributed by atoms with van der Waals surface area (Å²) < 4.78 is 10.7. The van der Waals surface area contributed by atoms with Crippen molar-refractivity contribution >= 4 is 34.9 Å². The van der Waals surface area contributed by atoms with Crippen molar-refractivity contribution in [3.8, 4) is 0 Å². The first-order valence-corrected chi connectivity index (χ1v) is 11.3. The van der Waals surface area contributed by atoms with Crippen molar-refractivity contribution in [2.45, 2.75) is 64.3 Å². The zero-order valence-corrected chi connectivity index (χ0v) is 18.2. The highest BCUT2D eigenvalue weighted by atomic mass is 32.1. The molecular weight excluding hydrogens is 402 g/mol. The van der Waals surface area contributed by atoms with E-state index >= 15 is 0 Å². The number of aliphatic imine (C=N–C) groups is 1. The number of hydrogen-bond donors (Lipinski definition) is 1. The summed E-state index contributed by atoms with van der Waals surface area (Å²) in [5.74, 6) is 1.58. The number of hydrogen-bond acceptors (Lipinski definition) is 5. The number of amides is 2. The molecular formula is C22H29N3O4S. The molecule has 0 bridgehead atoms. The first-order chi connectivity index (χ1) is 14.5. The van der Waals surface area contributed by atoms with Gasteiger partial charge in [0.15, 0.2) is 11.5 Å². The Labute approximate surface area is 182 Å². The maximum absolute atomic E-state index is 12.9. The summed E-state index contributed by atoms with van der Waals surface area (Å²) in [6, 6.07) is 0.345. The van der Waals surface area contributed by atoms with E-state index in [-0.39, 0.29) is 18.6 Å². The summed E-state index contributed by atoms with van der Waals surface area (Å²) in [7, 11) is 0. The second kappa shape index (κ2) is 9.29. The average Bonchev–Trinajstić information content (AvgIpc) is 3.18. The molecule has 2 fully saturated rings. The minimum Gasteiger partial charge on any atom is -0.454 e. The first kappa shape index (κ1) is 21.0. The Balaban J connectivity index is 1.19. The Morgan fingerprint density at radius 3 is 2.77 bits per heavy atom. The van der Waals surface area contributed by atoms with Crippen molar-refractivity contribution in [3.05, 3.63) is 23.7 Å². The molecule has 2 aliphatic carbocycles. The van der Waals surface area contributed by atoms with E-state index in [0.29, 0.717) is 41.3 Å². The molecule has 2 amide bonds. The highest BCUT2D eigenvalue weighted by molar-refractivity contribution is 7.80. The van der Waals surface area contributed by atoms with Crippen molar-refractivity contribution in [2.75, 3.05) is 13.3 Å². The molecule has 0 radical (unpaired) electrons. The lowest BCUT2D eigenvalue weighted by molar-refractivity contribution is -0.128. The van der Waals surface area contributed by atoms with Crippen LogP contribution in [0.15, 0.2) is 28.7 Å². The minimum atomic E-state index is -0.471. The van der Waals surface area contributed by atoms with Crippen LogP contribution in [-0.4, -0.2) is 46.9 Å². The van der Waals surface area contributed by atoms with Gasteiger partial charge in [0, 0.05) is 25.1 Å². The van der Waals surface area contributed by atoms with Gasteiger partial charge in [-0.2, -0.15) is 0 Å². The van der Waals surface area contributed by atoms with E-state index in [1.807, 2.05) is 0 Å². The van der Waals surface area contributed by atoms with Gasteiger partial charge >= 0.3 is 0 Å². The van der Waals surface area contributed by atoms with Crippen molar-refractivity contribution in [1.82, 2.24) is 10.2 Å². The molecule has 162 valence electrons. The van der Waals surface area contributed by atoms with Crippen LogP contribution in [0.2, 0.25) is 0 Å². The van der Waals surface area contributed by atoms with Crippen LogP contribution in [0.1, 0.15) is 58.3 Å². The predicted octanol–water partition coefficient (Wildman–Crippen LogP) is 3.21. The summed E-state index contributed by atoms with van der Waals surface area (Å²) in [6.45, 7) is 2.95. The second-order valence-electron chi connectivity index (χ2n) is 8.57. The smallest absolute Gasteiger partial charge is 0.241 e. The lowest BCUT2D eigenvalue weighted by atomic mass is 9.87. The van der Waals surface area contributed by atoms with Gasteiger partial charge in [-0.1, -0.05) is 13.3 Å². The Kier molecular flexibility index (Phi) is 6.51. The molecule has 1 saturated carbocycles. The van der Waals surface area contributed by atoms with Crippen LogP contribution in [0.3, 0.4) is 0 Å². The summed E-state index contributed by atoms with van der Waals surface area (Å²) in [6.07, 6.45) is 11.1. The van der Waals surface area contributed by atoms with Crippen molar-refractivity contribution in [3.63, 3.8) is 0 Å². The second-order valence-corrected chi connectivity index (χ2v) is 8.93. The standard InChI is InChI=1S/C22H29N3O4S/c1-14-6-8-15(9-7-14)23-20(26)5-3-2-4-10-25-21(27)16-11-18-19(29-13-28-18)12-17(16)24-22(25)30/h11-12,14-16H,2-10,13H2,1H3,(H,23,26). The van der Waals surface area contributed by atoms with E-state index in [2.05, 4.69) is 17.2 Å². The van der Waals surface area contributed by atoms with Crippen LogP contribution in [0.25, 0.3) is 0 Å². The quantitative estimate of drug-likeness (QED) is 0.495. The predicted molar refractivity (Wildman–Crippen MR) is 116 cm³/mol. The maximum Gasteiger partial charge on any atom is 0.241 e. The molecule has 1 N–H and O–H groups in total. The van der Waals surface area contributed by atoms with E-state index in [9.17, 15) is 9.59 Å². The van der Waals surface area contributed by atoms with E-state index in [0.717, 1.165) is 38.0 Å². The van der Waals surface area contributed by atoms with Gasteiger partial charge in [-0.25, -0.2) is 4.99 Å². The number of unbranched alkanes of at least 4 members (excludes halogenated alkanes) is 2. The molecule has 30 heavy (non-hydrogen) atoms. The number of rotatable bonds is 7. The number of carbonyl (C=O) groups is 2. The third-order valence-electron chi connectivity index (χ3n) is 6.24. The van der Waals surface area contributed by atoms with Crippen LogP contribution >= 0.6 is 12.2 Å². The third kappa shape index (κ3) is 4.74. The van der Waals surface area contributed by atoms with Gasteiger partial charge in [-0.3, -0.25) is 14.5 Å². The Morgan fingerprint density at radius 2 is 1.97 bits per heavy atom. The summed E-state index contributed by atoms with van der Waals surface area (Å²) >= 11 is 5.34. The Morgan fingerprint density at radius 1 is 1.20 bits per heavy atom. The van der Waals surface area contributed by atoms with Crippen molar-refractivity contribution in [2.24, 2.45) is 16.8 Å². The highest BCUT2D eigenvalue weighted by Gasteiger charge is 2.38. The first-order valence-electron chi connectivity index (χ1n) is 10.9. The van der Waals surface area contributed by atoms with Gasteiger partial charge in [0.1, 0.15) is 5.92 Å². The van der Waals surface area contributed by atoms with Crippen LogP contribution in [0, 0.1) is 11.8 Å². The molecule has 2 aliphatic heterocycles. The number of nitrogens with one attached hydrogen (secondary N) is 1. The molecule has 1 unspecified atom stereocenters.